The summed E-state index contributed by atoms with van der Waals surface area (Å²) in [5.74, 6) is 0. The van der Waals surface area contributed by atoms with Crippen molar-refractivity contribution in [2.75, 3.05) is 0 Å². The Labute approximate surface area is 41.6 Å². The van der Waals surface area contributed by atoms with Gasteiger partial charge in [0.1, 0.15) is 6.04 Å². The molecule has 7 heavy (non-hydrogen) atoms. The summed E-state index contributed by atoms with van der Waals surface area (Å²) in [4.78, 5) is 0. The molecular formula is C4H4N3. The van der Waals surface area contributed by atoms with E-state index < -0.39 is 0 Å². The van der Waals surface area contributed by atoms with Crippen molar-refractivity contribution >= 4 is 6.21 Å². The molecule has 0 aromatic carbocycles. The molecule has 1 unspecified atom stereocenters. The summed E-state index contributed by atoms with van der Waals surface area (Å²) >= 11 is 0. The minimum atomic E-state index is -0.125. The molecule has 0 aromatic heterocycles. The summed E-state index contributed by atoms with van der Waals surface area (Å²) < 4.78 is 0. The van der Waals surface area contributed by atoms with Crippen molar-refractivity contribution in [1.29, 1.82) is 5.26 Å². The maximum absolute atomic E-state index is 8.15. The lowest BCUT2D eigenvalue weighted by molar-refractivity contribution is 0.703. The van der Waals surface area contributed by atoms with E-state index >= 15 is 0 Å². The number of rotatable bonds is 0. The molecule has 0 fully saturated rings. The van der Waals surface area contributed by atoms with Gasteiger partial charge in [0, 0.05) is 6.42 Å². The Morgan fingerprint density at radius 1 is 2.00 bits per heavy atom. The highest BCUT2D eigenvalue weighted by Crippen LogP contribution is 1.91. The SMILES string of the molecule is N#CC1C[C]=NN1. The highest BCUT2D eigenvalue weighted by atomic mass is 15.3. The van der Waals surface area contributed by atoms with Gasteiger partial charge in [-0.15, -0.1) is 0 Å². The molecule has 0 aliphatic carbocycles. The third-order valence-corrected chi connectivity index (χ3v) is 0.751. The van der Waals surface area contributed by atoms with Gasteiger partial charge in [-0.1, -0.05) is 0 Å². The molecule has 35 valence electrons. The van der Waals surface area contributed by atoms with Gasteiger partial charge in [0.25, 0.3) is 0 Å². The van der Waals surface area contributed by atoms with Gasteiger partial charge in [-0.05, 0) is 0 Å². The molecular weight excluding hydrogens is 90.1 g/mol. The molecule has 0 saturated heterocycles. The summed E-state index contributed by atoms with van der Waals surface area (Å²) in [7, 11) is 0. The number of hydrogen-bond acceptors (Lipinski definition) is 3. The largest absolute Gasteiger partial charge is 0.292 e. The maximum atomic E-state index is 8.15. The third-order valence-electron chi connectivity index (χ3n) is 0.751. The first kappa shape index (κ1) is 4.13. The van der Waals surface area contributed by atoms with Crippen molar-refractivity contribution in [3.8, 4) is 6.07 Å². The Morgan fingerprint density at radius 2 is 2.86 bits per heavy atom. The summed E-state index contributed by atoms with van der Waals surface area (Å²) in [5.41, 5.74) is 2.56. The summed E-state index contributed by atoms with van der Waals surface area (Å²) in [6.45, 7) is 0. The molecule has 1 radical (unpaired) electrons. The minimum absolute atomic E-state index is 0.125. The zero-order chi connectivity index (χ0) is 5.11. The molecule has 1 aliphatic rings. The fraction of sp³-hybridized carbons (Fsp3) is 0.500. The van der Waals surface area contributed by atoms with E-state index in [1.165, 1.54) is 0 Å². The van der Waals surface area contributed by atoms with Gasteiger partial charge in [-0.2, -0.15) is 10.4 Å². The molecule has 1 heterocycles. The van der Waals surface area contributed by atoms with Crippen LogP contribution < -0.4 is 5.43 Å². The summed E-state index contributed by atoms with van der Waals surface area (Å²) in [5, 5.41) is 11.7. The minimum Gasteiger partial charge on any atom is -0.292 e. The van der Waals surface area contributed by atoms with Crippen LogP contribution in [0.1, 0.15) is 6.42 Å². The number of hydrogen-bond donors (Lipinski definition) is 1. The molecule has 3 nitrogen and oxygen atoms in total. The van der Waals surface area contributed by atoms with Gasteiger partial charge in [0.15, 0.2) is 0 Å². The summed E-state index contributed by atoms with van der Waals surface area (Å²) in [6, 6.07) is 1.87. The van der Waals surface area contributed by atoms with Crippen LogP contribution in [0.15, 0.2) is 5.10 Å². The van der Waals surface area contributed by atoms with E-state index in [1.54, 1.807) is 0 Å². The van der Waals surface area contributed by atoms with E-state index in [1.807, 2.05) is 6.07 Å². The van der Waals surface area contributed by atoms with Crippen LogP contribution in [0.2, 0.25) is 0 Å². The Morgan fingerprint density at radius 3 is 3.14 bits per heavy atom. The second-order valence-electron chi connectivity index (χ2n) is 1.28. The van der Waals surface area contributed by atoms with Gasteiger partial charge in [0.2, 0.25) is 0 Å². The monoisotopic (exact) mass is 94.0 g/mol. The number of nitrogens with one attached hydrogen (secondary N) is 1. The van der Waals surface area contributed by atoms with Gasteiger partial charge >= 0.3 is 0 Å². The van der Waals surface area contributed by atoms with Crippen molar-refractivity contribution in [2.24, 2.45) is 5.10 Å². The number of nitriles is 1. The average molecular weight is 94.1 g/mol. The predicted octanol–water partition coefficient (Wildman–Crippen LogP) is -0.265. The molecule has 1 N–H and O–H groups in total. The molecule has 1 aliphatic heterocycles. The first-order valence-corrected chi connectivity index (χ1v) is 2.01. The van der Waals surface area contributed by atoms with E-state index in [2.05, 4.69) is 16.7 Å². The fourth-order valence-corrected chi connectivity index (χ4v) is 0.381. The molecule has 0 aromatic rings. The van der Waals surface area contributed by atoms with Gasteiger partial charge in [0.05, 0.1) is 12.3 Å². The molecule has 1 atom stereocenters. The van der Waals surface area contributed by atoms with E-state index in [0.29, 0.717) is 6.42 Å². The lowest BCUT2D eigenvalue weighted by atomic mass is 10.3. The zero-order valence-corrected chi connectivity index (χ0v) is 3.68. The van der Waals surface area contributed by atoms with Crippen molar-refractivity contribution in [3.05, 3.63) is 0 Å². The van der Waals surface area contributed by atoms with E-state index in [9.17, 15) is 0 Å². The second kappa shape index (κ2) is 1.61. The van der Waals surface area contributed by atoms with Crippen LogP contribution in [0, 0.1) is 11.3 Å². The number of nitrogens with zero attached hydrogens (tertiary/aromatic N) is 2. The van der Waals surface area contributed by atoms with Crippen molar-refractivity contribution in [3.63, 3.8) is 0 Å². The Balaban J connectivity index is 2.39. The Hall–Kier alpha value is -1.04. The smallest absolute Gasteiger partial charge is 0.136 e. The standard InChI is InChI=1S/C4H4N3/c5-3-4-1-2-6-7-4/h4,7H,1H2. The van der Waals surface area contributed by atoms with Crippen LogP contribution in [0.4, 0.5) is 0 Å². The first-order chi connectivity index (χ1) is 3.43. The molecule has 3 heteroatoms. The third kappa shape index (κ3) is 0.686. The molecule has 0 bridgehead atoms. The predicted molar refractivity (Wildman–Crippen MR) is 24.6 cm³/mol. The van der Waals surface area contributed by atoms with Crippen LogP contribution in [0.3, 0.4) is 0 Å². The van der Waals surface area contributed by atoms with Crippen LogP contribution in [0.25, 0.3) is 0 Å². The topological polar surface area (TPSA) is 48.2 Å². The molecule has 1 rings (SSSR count). The normalized spacial score (nSPS) is 26.4. The molecule has 0 saturated carbocycles. The first-order valence-electron chi connectivity index (χ1n) is 2.01. The second-order valence-corrected chi connectivity index (χ2v) is 1.28. The van der Waals surface area contributed by atoms with E-state index in [-0.39, 0.29) is 6.04 Å². The van der Waals surface area contributed by atoms with Crippen molar-refractivity contribution in [1.82, 2.24) is 5.43 Å². The number of hydrazone groups is 1. The van der Waals surface area contributed by atoms with Crippen molar-refractivity contribution < 1.29 is 0 Å². The van der Waals surface area contributed by atoms with Crippen molar-refractivity contribution in [2.45, 2.75) is 12.5 Å². The van der Waals surface area contributed by atoms with Gasteiger partial charge in [-0.3, -0.25) is 5.43 Å². The van der Waals surface area contributed by atoms with Crippen LogP contribution in [-0.4, -0.2) is 12.3 Å². The highest BCUT2D eigenvalue weighted by Gasteiger charge is 2.06. The molecule has 0 spiro atoms. The summed E-state index contributed by atoms with van der Waals surface area (Å²) in [6.07, 6.45) is 3.24. The van der Waals surface area contributed by atoms with Crippen LogP contribution in [0.5, 0.6) is 0 Å². The van der Waals surface area contributed by atoms with E-state index in [4.69, 9.17) is 5.26 Å². The fourth-order valence-electron chi connectivity index (χ4n) is 0.381. The highest BCUT2D eigenvalue weighted by molar-refractivity contribution is 5.60. The lowest BCUT2D eigenvalue weighted by Gasteiger charge is -1.91. The van der Waals surface area contributed by atoms with Crippen LogP contribution in [-0.2, 0) is 0 Å². The average Bonchev–Trinajstić information content (AvgIpc) is 2.14. The quantitative estimate of drug-likeness (QED) is 0.449. The lowest BCUT2D eigenvalue weighted by Crippen LogP contribution is -2.15. The maximum Gasteiger partial charge on any atom is 0.136 e. The van der Waals surface area contributed by atoms with Crippen LogP contribution >= 0.6 is 0 Å². The van der Waals surface area contributed by atoms with Gasteiger partial charge in [-0.25, -0.2) is 0 Å². The Kier molecular flexibility index (Phi) is 0.947. The molecule has 0 amide bonds. The van der Waals surface area contributed by atoms with Gasteiger partial charge < -0.3 is 0 Å². The Bertz CT molecular complexity index is 113. The van der Waals surface area contributed by atoms with E-state index in [0.717, 1.165) is 0 Å². The zero-order valence-electron chi connectivity index (χ0n) is 3.68.